The third kappa shape index (κ3) is 4.40. The van der Waals surface area contributed by atoms with Gasteiger partial charge in [-0.05, 0) is 89.0 Å². The van der Waals surface area contributed by atoms with Crippen LogP contribution in [-0.4, -0.2) is 60.9 Å². The number of nitrogens with zero attached hydrogens (tertiary/aromatic N) is 5. The number of nitrogens with one attached hydrogen (secondary N) is 1. The van der Waals surface area contributed by atoms with Gasteiger partial charge in [0.2, 0.25) is 5.91 Å². The lowest BCUT2D eigenvalue weighted by Gasteiger charge is -2.26. The van der Waals surface area contributed by atoms with Crippen molar-refractivity contribution in [2.24, 2.45) is 17.6 Å². The average Bonchev–Trinajstić information content (AvgIpc) is 3.30. The highest BCUT2D eigenvalue weighted by Crippen LogP contribution is 2.40. The summed E-state index contributed by atoms with van der Waals surface area (Å²) in [6.07, 6.45) is 8.36. The van der Waals surface area contributed by atoms with Gasteiger partial charge in [-0.3, -0.25) is 14.0 Å². The predicted octanol–water partition coefficient (Wildman–Crippen LogP) is 4.76. The van der Waals surface area contributed by atoms with Crippen molar-refractivity contribution in [2.45, 2.75) is 95.9 Å². The van der Waals surface area contributed by atoms with Crippen LogP contribution < -0.4 is 15.8 Å². The Kier molecular flexibility index (Phi) is 6.48. The molecule has 0 unspecified atom stereocenters. The topological polar surface area (TPSA) is 120 Å². The largest absolute Gasteiger partial charge is 0.482 e. The number of nitrogens with two attached hydrogens (primary N) is 1. The van der Waals surface area contributed by atoms with Crippen LogP contribution in [0.3, 0.4) is 0 Å². The Balaban J connectivity index is 1.18. The van der Waals surface area contributed by atoms with Crippen LogP contribution in [0.4, 0.5) is 0 Å². The first kappa shape index (κ1) is 27.6. The summed E-state index contributed by atoms with van der Waals surface area (Å²) in [6.45, 7) is 4.93. The molecule has 3 N–H and O–H groups in total. The Labute approximate surface area is 257 Å². The Bertz CT molecular complexity index is 1800. The highest BCUT2D eigenvalue weighted by Gasteiger charge is 2.47. The van der Waals surface area contributed by atoms with Crippen molar-refractivity contribution >= 4 is 28.5 Å². The number of pyridine rings is 2. The Hall–Kier alpha value is -3.92. The molecule has 2 aliphatic heterocycles. The fraction of sp³-hybridized carbons (Fsp3) is 0.529. The van der Waals surface area contributed by atoms with Crippen molar-refractivity contribution in [1.29, 1.82) is 0 Å². The summed E-state index contributed by atoms with van der Waals surface area (Å²) >= 11 is 0. The molecule has 0 spiro atoms. The van der Waals surface area contributed by atoms with Gasteiger partial charge in [0.1, 0.15) is 17.0 Å². The molecule has 4 aliphatic rings. The van der Waals surface area contributed by atoms with E-state index in [4.69, 9.17) is 20.4 Å². The van der Waals surface area contributed by atoms with E-state index in [2.05, 4.69) is 28.9 Å². The molecule has 2 bridgehead atoms. The second-order valence-corrected chi connectivity index (χ2v) is 13.5. The first-order valence-corrected chi connectivity index (χ1v) is 16.3. The van der Waals surface area contributed by atoms with Gasteiger partial charge in [0, 0.05) is 47.6 Å². The lowest BCUT2D eigenvalue weighted by Crippen LogP contribution is -2.40. The van der Waals surface area contributed by atoms with E-state index >= 15 is 0 Å². The van der Waals surface area contributed by atoms with Gasteiger partial charge in [-0.2, -0.15) is 0 Å². The van der Waals surface area contributed by atoms with E-state index in [1.54, 1.807) is 7.11 Å². The van der Waals surface area contributed by atoms with Crippen molar-refractivity contribution in [3.63, 3.8) is 0 Å². The summed E-state index contributed by atoms with van der Waals surface area (Å²) in [5.74, 6) is 1.47. The van der Waals surface area contributed by atoms with Gasteiger partial charge in [0.15, 0.2) is 5.88 Å². The van der Waals surface area contributed by atoms with Crippen LogP contribution in [0.1, 0.15) is 86.1 Å². The number of hydrogen-bond acceptors (Lipinski definition) is 6. The summed E-state index contributed by atoms with van der Waals surface area (Å²) in [5.41, 5.74) is 12.2. The SMILES string of the molecule is COc1cc(C(=O)N2[C@H]3CC[C@@H]2[C@H](N)C3)cc2nc(-c3cc4ccc([C@@H](C)NC(=O)C5CCC5)nc4n3CC3CC3)c(C)n12. The van der Waals surface area contributed by atoms with Crippen molar-refractivity contribution in [1.82, 2.24) is 29.2 Å². The Morgan fingerprint density at radius 2 is 1.91 bits per heavy atom. The van der Waals surface area contributed by atoms with Gasteiger partial charge in [-0.1, -0.05) is 6.42 Å². The number of imidazole rings is 1. The monoisotopic (exact) mass is 595 g/mol. The molecule has 4 aromatic rings. The lowest BCUT2D eigenvalue weighted by molar-refractivity contribution is -0.128. The summed E-state index contributed by atoms with van der Waals surface area (Å²) in [7, 11) is 1.64. The van der Waals surface area contributed by atoms with Crippen LogP contribution in [0.25, 0.3) is 28.1 Å². The van der Waals surface area contributed by atoms with Crippen molar-refractivity contribution in [2.75, 3.05) is 7.11 Å². The molecule has 230 valence electrons. The molecule has 0 aromatic carbocycles. The van der Waals surface area contributed by atoms with Crippen LogP contribution in [0.15, 0.2) is 30.3 Å². The van der Waals surface area contributed by atoms with Gasteiger partial charge in [-0.15, -0.1) is 0 Å². The first-order chi connectivity index (χ1) is 21.3. The molecule has 2 amide bonds. The molecule has 10 heteroatoms. The van der Waals surface area contributed by atoms with Gasteiger partial charge in [0.05, 0.1) is 30.2 Å². The lowest BCUT2D eigenvalue weighted by atomic mass is 9.84. The van der Waals surface area contributed by atoms with E-state index < -0.39 is 0 Å². The van der Waals surface area contributed by atoms with Crippen LogP contribution in [0, 0.1) is 18.8 Å². The van der Waals surface area contributed by atoms with Crippen LogP contribution in [0.2, 0.25) is 0 Å². The standard InChI is InChI=1S/C34H41N7O3/c1-18(36-33(42)21-5-4-6-21)26-11-9-22-13-28(39(32(22)37-26)17-20-7-8-20)31-19(2)40-29(38-31)14-23(15-30(40)44-3)34(43)41-24-10-12-27(41)25(35)16-24/h9,11,13-15,18,20-21,24-25,27H,4-8,10,12,16-17,35H2,1-3H3,(H,36,42)/t18-,24+,25-,27-/m1/s1. The molecule has 8 rings (SSSR count). The summed E-state index contributed by atoms with van der Waals surface area (Å²) in [4.78, 5) is 38.7. The van der Waals surface area contributed by atoms with Gasteiger partial charge < -0.3 is 25.3 Å². The second-order valence-electron chi connectivity index (χ2n) is 13.5. The number of fused-ring (bicyclic) bond motifs is 4. The maximum absolute atomic E-state index is 13.8. The normalized spacial score (nSPS) is 23.8. The number of rotatable bonds is 8. The summed E-state index contributed by atoms with van der Waals surface area (Å²) in [5, 5.41) is 4.22. The van der Waals surface area contributed by atoms with Gasteiger partial charge in [0.25, 0.3) is 5.91 Å². The number of aromatic nitrogens is 4. The maximum atomic E-state index is 13.8. The molecule has 6 heterocycles. The molecular formula is C34H41N7O3. The van der Waals surface area contributed by atoms with Gasteiger partial charge >= 0.3 is 0 Å². The fourth-order valence-corrected chi connectivity index (χ4v) is 7.69. The number of aryl methyl sites for hydroxylation is 1. The highest BCUT2D eigenvalue weighted by atomic mass is 16.5. The van der Waals surface area contributed by atoms with E-state index in [9.17, 15) is 9.59 Å². The zero-order valence-electron chi connectivity index (χ0n) is 25.8. The second kappa shape index (κ2) is 10.3. The first-order valence-electron chi connectivity index (χ1n) is 16.3. The third-order valence-electron chi connectivity index (χ3n) is 10.6. The number of carbonyl (C=O) groups is 2. The minimum absolute atomic E-state index is 0.00606. The molecule has 2 saturated heterocycles. The molecule has 2 saturated carbocycles. The van der Waals surface area contributed by atoms with Crippen LogP contribution >= 0.6 is 0 Å². The molecule has 44 heavy (non-hydrogen) atoms. The fourth-order valence-electron chi connectivity index (χ4n) is 7.69. The number of methoxy groups -OCH3 is 1. The van der Waals surface area contributed by atoms with Crippen LogP contribution in [0.5, 0.6) is 5.88 Å². The van der Waals surface area contributed by atoms with Crippen molar-refractivity contribution in [3.8, 4) is 17.3 Å². The average molecular weight is 596 g/mol. The highest BCUT2D eigenvalue weighted by molar-refractivity contribution is 5.97. The minimum atomic E-state index is -0.169. The molecule has 10 nitrogen and oxygen atoms in total. The number of amides is 2. The molecule has 0 radical (unpaired) electrons. The Morgan fingerprint density at radius 3 is 2.57 bits per heavy atom. The smallest absolute Gasteiger partial charge is 0.254 e. The molecule has 2 aliphatic carbocycles. The maximum Gasteiger partial charge on any atom is 0.254 e. The third-order valence-corrected chi connectivity index (χ3v) is 10.6. The van der Waals surface area contributed by atoms with Crippen LogP contribution in [-0.2, 0) is 11.3 Å². The zero-order valence-corrected chi connectivity index (χ0v) is 25.8. The summed E-state index contributed by atoms with van der Waals surface area (Å²) in [6, 6.07) is 10.2. The van der Waals surface area contributed by atoms with Crippen molar-refractivity contribution < 1.29 is 14.3 Å². The Morgan fingerprint density at radius 1 is 1.09 bits per heavy atom. The number of hydrogen-bond donors (Lipinski definition) is 2. The van der Waals surface area contributed by atoms with E-state index in [0.717, 1.165) is 78.9 Å². The number of ether oxygens (including phenoxy) is 1. The number of carbonyl (C=O) groups excluding carboxylic acids is 2. The molecule has 4 fully saturated rings. The zero-order chi connectivity index (χ0) is 30.3. The van der Waals surface area contributed by atoms with E-state index in [1.165, 1.54) is 12.8 Å². The molecule has 4 aromatic heterocycles. The minimum Gasteiger partial charge on any atom is -0.482 e. The van der Waals surface area contributed by atoms with E-state index in [0.29, 0.717) is 23.0 Å². The molecule has 4 atom stereocenters. The quantitative estimate of drug-likeness (QED) is 0.303. The summed E-state index contributed by atoms with van der Waals surface area (Å²) < 4.78 is 10.1. The molecular weight excluding hydrogens is 554 g/mol. The van der Waals surface area contributed by atoms with E-state index in [-0.39, 0.29) is 41.9 Å². The van der Waals surface area contributed by atoms with Crippen molar-refractivity contribution in [3.05, 3.63) is 47.3 Å². The van der Waals surface area contributed by atoms with Gasteiger partial charge in [-0.25, -0.2) is 9.97 Å². The predicted molar refractivity (Wildman–Crippen MR) is 167 cm³/mol. The van der Waals surface area contributed by atoms with E-state index in [1.807, 2.05) is 34.4 Å².